The summed E-state index contributed by atoms with van der Waals surface area (Å²) in [4.78, 5) is 23.3. The molecule has 0 aromatic heterocycles. The van der Waals surface area contributed by atoms with Crippen LogP contribution < -0.4 is 5.32 Å². The molecule has 1 saturated carbocycles. The number of hydrogen-bond donors (Lipinski definition) is 2. The summed E-state index contributed by atoms with van der Waals surface area (Å²) >= 11 is 5.78. The van der Waals surface area contributed by atoms with Gasteiger partial charge in [0, 0.05) is 23.2 Å². The van der Waals surface area contributed by atoms with Gasteiger partial charge in [-0.25, -0.2) is 0 Å². The van der Waals surface area contributed by atoms with Crippen molar-refractivity contribution in [1.82, 2.24) is 4.90 Å². The molecule has 0 amide bonds. The van der Waals surface area contributed by atoms with Crippen LogP contribution in [0.25, 0.3) is 0 Å². The fourth-order valence-corrected chi connectivity index (χ4v) is 2.84. The first-order valence-electron chi connectivity index (χ1n) is 7.07. The number of anilines is 1. The summed E-state index contributed by atoms with van der Waals surface area (Å²) in [5.74, 6) is -0.841. The monoisotopic (exact) mass is 327 g/mol. The molecule has 1 aliphatic carbocycles. The summed E-state index contributed by atoms with van der Waals surface area (Å²) < 4.78 is 0. The van der Waals surface area contributed by atoms with Crippen LogP contribution in [0.3, 0.4) is 0 Å². The van der Waals surface area contributed by atoms with Crippen molar-refractivity contribution >= 4 is 28.9 Å². The Labute approximate surface area is 133 Å². The second kappa shape index (κ2) is 6.93. The second-order valence-electron chi connectivity index (χ2n) is 5.34. The zero-order valence-electron chi connectivity index (χ0n) is 12.2. The molecule has 1 aliphatic rings. The SMILES string of the molecule is CCN(CC(=O)O)C1CC(Nc2ccc(Cl)cc2[N+](=O)[O-])C1. The molecule has 0 heterocycles. The van der Waals surface area contributed by atoms with E-state index >= 15 is 0 Å². The molecular formula is C14H18ClN3O4. The molecule has 0 atom stereocenters. The summed E-state index contributed by atoms with van der Waals surface area (Å²) in [7, 11) is 0. The van der Waals surface area contributed by atoms with E-state index in [-0.39, 0.29) is 24.3 Å². The van der Waals surface area contributed by atoms with Crippen LogP contribution in [0, 0.1) is 10.1 Å². The number of aliphatic carboxylic acids is 1. The van der Waals surface area contributed by atoms with Crippen LogP contribution in [-0.2, 0) is 4.79 Å². The lowest BCUT2D eigenvalue weighted by molar-refractivity contribution is -0.384. The van der Waals surface area contributed by atoms with E-state index in [0.717, 1.165) is 12.8 Å². The number of carbonyl (C=O) groups is 1. The fraction of sp³-hybridized carbons (Fsp3) is 0.500. The van der Waals surface area contributed by atoms with Crippen LogP contribution in [0.1, 0.15) is 19.8 Å². The molecule has 120 valence electrons. The normalized spacial score (nSPS) is 20.5. The number of likely N-dealkylation sites (N-methyl/N-ethyl adjacent to an activating group) is 1. The number of benzene rings is 1. The highest BCUT2D eigenvalue weighted by atomic mass is 35.5. The zero-order valence-corrected chi connectivity index (χ0v) is 12.9. The van der Waals surface area contributed by atoms with Crippen molar-refractivity contribution in [3.05, 3.63) is 33.3 Å². The predicted molar refractivity (Wildman–Crippen MR) is 83.4 cm³/mol. The summed E-state index contributed by atoms with van der Waals surface area (Å²) in [6.45, 7) is 2.62. The van der Waals surface area contributed by atoms with Gasteiger partial charge in [0.2, 0.25) is 0 Å². The minimum atomic E-state index is -0.841. The molecule has 7 nitrogen and oxygen atoms in total. The molecule has 0 unspecified atom stereocenters. The van der Waals surface area contributed by atoms with Crippen LogP contribution in [-0.4, -0.2) is 46.1 Å². The van der Waals surface area contributed by atoms with E-state index in [1.807, 2.05) is 11.8 Å². The van der Waals surface area contributed by atoms with Gasteiger partial charge in [-0.1, -0.05) is 18.5 Å². The van der Waals surface area contributed by atoms with Gasteiger partial charge >= 0.3 is 5.97 Å². The first-order chi connectivity index (χ1) is 10.4. The number of hydrogen-bond acceptors (Lipinski definition) is 5. The number of halogens is 1. The van der Waals surface area contributed by atoms with Gasteiger partial charge in [-0.3, -0.25) is 19.8 Å². The lowest BCUT2D eigenvalue weighted by Gasteiger charge is -2.42. The van der Waals surface area contributed by atoms with Gasteiger partial charge in [0.15, 0.2) is 0 Å². The molecule has 1 aromatic carbocycles. The highest BCUT2D eigenvalue weighted by molar-refractivity contribution is 6.30. The summed E-state index contributed by atoms with van der Waals surface area (Å²) in [6.07, 6.45) is 1.53. The summed E-state index contributed by atoms with van der Waals surface area (Å²) in [5, 5.41) is 23.4. The maximum absolute atomic E-state index is 11.0. The Morgan fingerprint density at radius 3 is 2.77 bits per heavy atom. The molecule has 0 radical (unpaired) electrons. The smallest absolute Gasteiger partial charge is 0.317 e. The number of rotatable bonds is 7. The van der Waals surface area contributed by atoms with E-state index in [4.69, 9.17) is 16.7 Å². The minimum Gasteiger partial charge on any atom is -0.480 e. The third-order valence-corrected chi connectivity index (χ3v) is 4.13. The summed E-state index contributed by atoms with van der Waals surface area (Å²) in [6, 6.07) is 4.83. The predicted octanol–water partition coefficient (Wildman–Crippen LogP) is 2.60. The Balaban J connectivity index is 1.95. The van der Waals surface area contributed by atoms with E-state index in [9.17, 15) is 14.9 Å². The quantitative estimate of drug-likeness (QED) is 0.590. The third-order valence-electron chi connectivity index (χ3n) is 3.89. The Kier molecular flexibility index (Phi) is 5.20. The van der Waals surface area contributed by atoms with E-state index in [0.29, 0.717) is 17.3 Å². The highest BCUT2D eigenvalue weighted by Crippen LogP contribution is 2.33. The van der Waals surface area contributed by atoms with Crippen LogP contribution >= 0.6 is 11.6 Å². The molecule has 1 fully saturated rings. The van der Waals surface area contributed by atoms with Crippen LogP contribution in [0.5, 0.6) is 0 Å². The molecule has 22 heavy (non-hydrogen) atoms. The number of nitro benzene ring substituents is 1. The fourth-order valence-electron chi connectivity index (χ4n) is 2.67. The van der Waals surface area contributed by atoms with E-state index < -0.39 is 10.9 Å². The molecule has 2 N–H and O–H groups in total. The van der Waals surface area contributed by atoms with Crippen molar-refractivity contribution < 1.29 is 14.8 Å². The highest BCUT2D eigenvalue weighted by Gasteiger charge is 2.34. The average Bonchev–Trinajstić information content (AvgIpc) is 2.41. The van der Waals surface area contributed by atoms with Crippen molar-refractivity contribution in [2.75, 3.05) is 18.4 Å². The number of carboxylic acids is 1. The molecule has 0 aliphatic heterocycles. The minimum absolute atomic E-state index is 0.0228. The first kappa shape index (κ1) is 16.5. The Morgan fingerprint density at radius 1 is 1.55 bits per heavy atom. The van der Waals surface area contributed by atoms with Gasteiger partial charge in [-0.2, -0.15) is 0 Å². The Hall–Kier alpha value is -1.86. The molecular weight excluding hydrogens is 310 g/mol. The maximum Gasteiger partial charge on any atom is 0.317 e. The van der Waals surface area contributed by atoms with Crippen LogP contribution in [0.4, 0.5) is 11.4 Å². The van der Waals surface area contributed by atoms with Gasteiger partial charge in [0.25, 0.3) is 5.69 Å². The van der Waals surface area contributed by atoms with Gasteiger partial charge in [-0.15, -0.1) is 0 Å². The number of nitro groups is 1. The van der Waals surface area contributed by atoms with Crippen molar-refractivity contribution in [2.45, 2.75) is 31.8 Å². The summed E-state index contributed by atoms with van der Waals surface area (Å²) in [5.41, 5.74) is 0.396. The van der Waals surface area contributed by atoms with Gasteiger partial charge in [0.05, 0.1) is 11.5 Å². The van der Waals surface area contributed by atoms with E-state index in [2.05, 4.69) is 5.32 Å². The lowest BCUT2D eigenvalue weighted by Crippen LogP contribution is -2.51. The van der Waals surface area contributed by atoms with Crippen molar-refractivity contribution in [2.24, 2.45) is 0 Å². The lowest BCUT2D eigenvalue weighted by atomic mass is 9.85. The molecule has 0 bridgehead atoms. The van der Waals surface area contributed by atoms with E-state index in [1.165, 1.54) is 6.07 Å². The van der Waals surface area contributed by atoms with Crippen molar-refractivity contribution in [3.63, 3.8) is 0 Å². The zero-order chi connectivity index (χ0) is 16.3. The largest absolute Gasteiger partial charge is 0.480 e. The number of carboxylic acid groups (broad SMARTS) is 1. The third kappa shape index (κ3) is 3.86. The number of nitrogens with zero attached hydrogens (tertiary/aromatic N) is 2. The van der Waals surface area contributed by atoms with Crippen LogP contribution in [0.2, 0.25) is 5.02 Å². The second-order valence-corrected chi connectivity index (χ2v) is 5.78. The number of nitrogens with one attached hydrogen (secondary N) is 1. The topological polar surface area (TPSA) is 95.7 Å². The van der Waals surface area contributed by atoms with Crippen molar-refractivity contribution in [3.8, 4) is 0 Å². The Bertz CT molecular complexity index is 575. The molecule has 1 aromatic rings. The van der Waals surface area contributed by atoms with E-state index in [1.54, 1.807) is 12.1 Å². The maximum atomic E-state index is 11.0. The molecule has 0 saturated heterocycles. The molecule has 8 heteroatoms. The molecule has 2 rings (SSSR count). The van der Waals surface area contributed by atoms with Gasteiger partial charge in [-0.05, 0) is 31.5 Å². The van der Waals surface area contributed by atoms with Crippen LogP contribution in [0.15, 0.2) is 18.2 Å². The van der Waals surface area contributed by atoms with Gasteiger partial charge in [0.1, 0.15) is 5.69 Å². The van der Waals surface area contributed by atoms with Crippen molar-refractivity contribution in [1.29, 1.82) is 0 Å². The molecule has 0 spiro atoms. The standard InChI is InChI=1S/C14H18ClN3O4/c1-2-17(8-14(19)20)11-6-10(7-11)16-12-4-3-9(15)5-13(12)18(21)22/h3-5,10-11,16H,2,6-8H2,1H3,(H,19,20). The Morgan fingerprint density at radius 2 is 2.23 bits per heavy atom. The first-order valence-corrected chi connectivity index (χ1v) is 7.44. The average molecular weight is 328 g/mol. The van der Waals surface area contributed by atoms with Gasteiger partial charge < -0.3 is 10.4 Å².